The minimum atomic E-state index is -0.0420. The lowest BCUT2D eigenvalue weighted by Gasteiger charge is -2.36. The molecule has 7 heteroatoms. The van der Waals surface area contributed by atoms with Gasteiger partial charge in [-0.05, 0) is 25.0 Å². The molecule has 0 atom stereocenters. The Labute approximate surface area is 172 Å². The highest BCUT2D eigenvalue weighted by atomic mass is 16.5. The van der Waals surface area contributed by atoms with E-state index in [9.17, 15) is 4.79 Å². The molecule has 2 aliphatic heterocycles. The van der Waals surface area contributed by atoms with Gasteiger partial charge in [-0.2, -0.15) is 0 Å². The van der Waals surface area contributed by atoms with Gasteiger partial charge < -0.3 is 19.4 Å². The number of aromatic nitrogens is 2. The number of benzene rings is 1. The molecule has 4 rings (SSSR count). The zero-order valence-corrected chi connectivity index (χ0v) is 17.1. The van der Waals surface area contributed by atoms with Crippen molar-refractivity contribution in [2.75, 3.05) is 56.2 Å². The van der Waals surface area contributed by atoms with Crippen LogP contribution >= 0.6 is 0 Å². The second-order valence-corrected chi connectivity index (χ2v) is 7.61. The van der Waals surface area contributed by atoms with Gasteiger partial charge in [-0.15, -0.1) is 0 Å². The summed E-state index contributed by atoms with van der Waals surface area (Å²) in [6, 6.07) is 8.00. The molecular weight excluding hydrogens is 366 g/mol. The van der Waals surface area contributed by atoms with Crippen LogP contribution < -0.4 is 14.5 Å². The molecule has 3 heterocycles. The molecule has 2 fully saturated rings. The van der Waals surface area contributed by atoms with Crippen molar-refractivity contribution in [3.05, 3.63) is 42.4 Å². The van der Waals surface area contributed by atoms with Crippen molar-refractivity contribution in [1.29, 1.82) is 0 Å². The Morgan fingerprint density at radius 2 is 1.59 bits per heavy atom. The number of carbonyl (C=O) groups is 1. The van der Waals surface area contributed by atoms with E-state index in [1.165, 1.54) is 25.7 Å². The number of rotatable bonds is 4. The lowest BCUT2D eigenvalue weighted by atomic mass is 10.2. The number of amides is 1. The van der Waals surface area contributed by atoms with Gasteiger partial charge in [0.25, 0.3) is 5.91 Å². The third-order valence-electron chi connectivity index (χ3n) is 5.78. The number of ether oxygens (including phenoxy) is 1. The maximum absolute atomic E-state index is 12.9. The molecule has 0 bridgehead atoms. The first-order valence-electron chi connectivity index (χ1n) is 10.5. The summed E-state index contributed by atoms with van der Waals surface area (Å²) < 4.78 is 5.47. The van der Waals surface area contributed by atoms with Gasteiger partial charge in [0.15, 0.2) is 0 Å². The second kappa shape index (κ2) is 9.11. The number of nitrogens with zero attached hydrogens (tertiary/aromatic N) is 5. The lowest BCUT2D eigenvalue weighted by Crippen LogP contribution is -2.49. The number of anilines is 2. The van der Waals surface area contributed by atoms with Crippen molar-refractivity contribution >= 4 is 17.4 Å². The Hall–Kier alpha value is -2.83. The molecule has 0 N–H and O–H groups in total. The van der Waals surface area contributed by atoms with Crippen molar-refractivity contribution in [2.45, 2.75) is 25.7 Å². The van der Waals surface area contributed by atoms with Crippen LogP contribution in [0.15, 0.2) is 36.7 Å². The monoisotopic (exact) mass is 395 g/mol. The fraction of sp³-hybridized carbons (Fsp3) is 0.500. The predicted molar refractivity (Wildman–Crippen MR) is 114 cm³/mol. The zero-order valence-electron chi connectivity index (χ0n) is 17.1. The van der Waals surface area contributed by atoms with Crippen molar-refractivity contribution in [2.24, 2.45) is 0 Å². The molecular formula is C22H29N5O2. The minimum Gasteiger partial charge on any atom is -0.495 e. The highest BCUT2D eigenvalue weighted by Gasteiger charge is 2.25. The fourth-order valence-electron chi connectivity index (χ4n) is 4.10. The molecule has 1 amide bonds. The van der Waals surface area contributed by atoms with Crippen molar-refractivity contribution in [3.8, 4) is 5.75 Å². The van der Waals surface area contributed by atoms with Crippen LogP contribution in [-0.2, 0) is 0 Å². The third kappa shape index (κ3) is 4.44. The molecule has 0 saturated carbocycles. The van der Waals surface area contributed by atoms with E-state index in [2.05, 4.69) is 25.8 Å². The number of carbonyl (C=O) groups excluding carboxylic acids is 1. The Balaban J connectivity index is 1.37. The smallest absolute Gasteiger partial charge is 0.274 e. The van der Waals surface area contributed by atoms with E-state index >= 15 is 0 Å². The fourth-order valence-corrected chi connectivity index (χ4v) is 4.10. The number of hydrogen-bond donors (Lipinski definition) is 0. The standard InChI is InChI=1S/C22H29N5O2/c1-29-20-9-5-4-8-19(20)25-12-14-27(15-13-25)22(28)18-16-24-21(17-23-18)26-10-6-2-3-7-11-26/h4-5,8-9,16-17H,2-3,6-7,10-15H2,1H3. The molecule has 0 unspecified atom stereocenters. The number of hydrogen-bond acceptors (Lipinski definition) is 6. The van der Waals surface area contributed by atoms with Crippen molar-refractivity contribution in [1.82, 2.24) is 14.9 Å². The van der Waals surface area contributed by atoms with Gasteiger partial charge in [0.2, 0.25) is 0 Å². The maximum Gasteiger partial charge on any atom is 0.274 e. The summed E-state index contributed by atoms with van der Waals surface area (Å²) >= 11 is 0. The highest BCUT2D eigenvalue weighted by Crippen LogP contribution is 2.28. The summed E-state index contributed by atoms with van der Waals surface area (Å²) in [5.74, 6) is 1.70. The Bertz CT molecular complexity index is 810. The van der Waals surface area contributed by atoms with Gasteiger partial charge in [-0.1, -0.05) is 25.0 Å². The number of para-hydroxylation sites is 2. The Morgan fingerprint density at radius 1 is 0.862 bits per heavy atom. The average Bonchev–Trinajstić information content (AvgIpc) is 3.08. The molecule has 2 aromatic rings. The van der Waals surface area contributed by atoms with Gasteiger partial charge >= 0.3 is 0 Å². The van der Waals surface area contributed by atoms with Gasteiger partial charge in [0, 0.05) is 39.3 Å². The molecule has 2 saturated heterocycles. The van der Waals surface area contributed by atoms with Crippen LogP contribution in [-0.4, -0.2) is 67.2 Å². The first-order valence-corrected chi connectivity index (χ1v) is 10.5. The first-order chi connectivity index (χ1) is 14.3. The van der Waals surface area contributed by atoms with E-state index in [-0.39, 0.29) is 5.91 Å². The normalized spacial score (nSPS) is 17.8. The molecule has 2 aliphatic rings. The summed E-state index contributed by atoms with van der Waals surface area (Å²) in [7, 11) is 1.69. The van der Waals surface area contributed by atoms with Crippen LogP contribution in [0.2, 0.25) is 0 Å². The predicted octanol–water partition coefficient (Wildman–Crippen LogP) is 2.83. The molecule has 0 radical (unpaired) electrons. The molecule has 1 aromatic carbocycles. The summed E-state index contributed by atoms with van der Waals surface area (Å²) in [6.07, 6.45) is 8.33. The Morgan fingerprint density at radius 3 is 2.24 bits per heavy atom. The van der Waals surface area contributed by atoms with Crippen molar-refractivity contribution in [3.63, 3.8) is 0 Å². The quantitative estimate of drug-likeness (QED) is 0.793. The summed E-state index contributed by atoms with van der Waals surface area (Å²) in [5.41, 5.74) is 1.50. The molecule has 7 nitrogen and oxygen atoms in total. The van der Waals surface area contributed by atoms with Crippen LogP contribution in [0.1, 0.15) is 36.2 Å². The van der Waals surface area contributed by atoms with Crippen LogP contribution in [0.5, 0.6) is 5.75 Å². The SMILES string of the molecule is COc1ccccc1N1CCN(C(=O)c2cnc(N3CCCCCC3)cn2)CC1. The van der Waals surface area contributed by atoms with Crippen LogP contribution in [0.3, 0.4) is 0 Å². The summed E-state index contributed by atoms with van der Waals surface area (Å²) in [4.78, 5) is 28.2. The molecule has 1 aromatic heterocycles. The molecule has 29 heavy (non-hydrogen) atoms. The van der Waals surface area contributed by atoms with Crippen LogP contribution in [0.25, 0.3) is 0 Å². The highest BCUT2D eigenvalue weighted by molar-refractivity contribution is 5.92. The van der Waals surface area contributed by atoms with Crippen LogP contribution in [0.4, 0.5) is 11.5 Å². The number of piperazine rings is 1. The first kappa shape index (κ1) is 19.5. The zero-order chi connectivity index (χ0) is 20.1. The third-order valence-corrected chi connectivity index (χ3v) is 5.78. The second-order valence-electron chi connectivity index (χ2n) is 7.61. The van der Waals surface area contributed by atoms with E-state index in [4.69, 9.17) is 4.74 Å². The van der Waals surface area contributed by atoms with E-state index in [1.807, 2.05) is 23.1 Å². The van der Waals surface area contributed by atoms with Crippen molar-refractivity contribution < 1.29 is 9.53 Å². The van der Waals surface area contributed by atoms with E-state index in [1.54, 1.807) is 19.5 Å². The lowest BCUT2D eigenvalue weighted by molar-refractivity contribution is 0.0740. The maximum atomic E-state index is 12.9. The van der Waals surface area contributed by atoms with Crippen LogP contribution in [0, 0.1) is 0 Å². The average molecular weight is 396 g/mol. The van der Waals surface area contributed by atoms with Gasteiger partial charge in [-0.25, -0.2) is 9.97 Å². The number of methoxy groups -OCH3 is 1. The molecule has 0 aliphatic carbocycles. The van der Waals surface area contributed by atoms with E-state index in [0.717, 1.165) is 43.4 Å². The summed E-state index contributed by atoms with van der Waals surface area (Å²) in [5, 5.41) is 0. The van der Waals surface area contributed by atoms with E-state index in [0.29, 0.717) is 18.8 Å². The van der Waals surface area contributed by atoms with Gasteiger partial charge in [0.1, 0.15) is 17.3 Å². The van der Waals surface area contributed by atoms with Gasteiger partial charge in [-0.3, -0.25) is 4.79 Å². The van der Waals surface area contributed by atoms with Gasteiger partial charge in [0.05, 0.1) is 25.2 Å². The molecule has 0 spiro atoms. The minimum absolute atomic E-state index is 0.0420. The van der Waals surface area contributed by atoms with E-state index < -0.39 is 0 Å². The molecule has 154 valence electrons. The topological polar surface area (TPSA) is 61.8 Å². The largest absolute Gasteiger partial charge is 0.495 e. The summed E-state index contributed by atoms with van der Waals surface area (Å²) in [6.45, 7) is 4.90. The Kier molecular flexibility index (Phi) is 6.12.